The zero-order valence-electron chi connectivity index (χ0n) is 30.5. The number of rotatable bonds is 13. The highest BCUT2D eigenvalue weighted by molar-refractivity contribution is 5.86. The van der Waals surface area contributed by atoms with Crippen molar-refractivity contribution in [1.82, 2.24) is 0 Å². The molecule has 2 aromatic rings. The second-order valence-electron chi connectivity index (χ2n) is 16.2. The number of benzene rings is 2. The van der Waals surface area contributed by atoms with Gasteiger partial charge in [0.25, 0.3) is 0 Å². The van der Waals surface area contributed by atoms with Crippen LogP contribution in [0.3, 0.4) is 0 Å². The predicted molar refractivity (Wildman–Crippen MR) is 193 cm³/mol. The van der Waals surface area contributed by atoms with E-state index in [1.54, 1.807) is 0 Å². The molecule has 2 fully saturated rings. The van der Waals surface area contributed by atoms with E-state index in [1.807, 2.05) is 12.1 Å². The van der Waals surface area contributed by atoms with E-state index in [-0.39, 0.29) is 34.8 Å². The quantitative estimate of drug-likeness (QED) is 0.165. The van der Waals surface area contributed by atoms with Gasteiger partial charge in [-0.1, -0.05) is 93.9 Å². The van der Waals surface area contributed by atoms with Crippen LogP contribution < -0.4 is 0 Å². The maximum Gasteiger partial charge on any atom is 0.131 e. The monoisotopic (exact) mass is 634 g/mol. The molecule has 2 aliphatic carbocycles. The van der Waals surface area contributed by atoms with E-state index in [2.05, 4.69) is 55.4 Å². The van der Waals surface area contributed by atoms with Gasteiger partial charge in [-0.2, -0.15) is 0 Å². The molecule has 0 spiro atoms. The number of aromatic hydroxyl groups is 4. The summed E-state index contributed by atoms with van der Waals surface area (Å²) in [6, 6.07) is 3.83. The van der Waals surface area contributed by atoms with Gasteiger partial charge >= 0.3 is 0 Å². The molecule has 2 saturated carbocycles. The lowest BCUT2D eigenvalue weighted by Crippen LogP contribution is -2.26. The molecule has 0 bridgehead atoms. The normalized spacial score (nSPS) is 25.4. The fourth-order valence-electron chi connectivity index (χ4n) is 9.33. The number of aryl methyl sites for hydroxylation is 2. The third-order valence-electron chi connectivity index (χ3n) is 11.9. The van der Waals surface area contributed by atoms with Crippen molar-refractivity contribution in [3.8, 4) is 34.1 Å². The van der Waals surface area contributed by atoms with E-state index in [1.165, 1.54) is 12.8 Å². The first-order valence-corrected chi connectivity index (χ1v) is 19.1. The van der Waals surface area contributed by atoms with Crippen LogP contribution in [0.25, 0.3) is 11.1 Å². The van der Waals surface area contributed by atoms with Crippen LogP contribution in [0.5, 0.6) is 23.0 Å². The summed E-state index contributed by atoms with van der Waals surface area (Å²) in [6.45, 7) is 18.0. The molecule has 4 N–H and O–H groups in total. The van der Waals surface area contributed by atoms with E-state index < -0.39 is 0 Å². The molecular formula is C42H66O4. The summed E-state index contributed by atoms with van der Waals surface area (Å²) in [5.41, 5.74) is 4.52. The fraction of sp³-hybridized carbons (Fsp3) is 0.714. The third kappa shape index (κ3) is 7.84. The maximum atomic E-state index is 12.5. The Balaban J connectivity index is 2.03. The molecule has 0 amide bonds. The standard InChI is InChI=1S/C42H66O4/c1-9-11-13-15-29-23-35(43)39(33-21-27(7)17-19-31(33)25(3)4)41(45)37(29)38-30(16-14-12-10-2)24-36(44)40(42(38)46)34-22-28(8)18-20-32(34)26(5)6/h23-28,31-34,43-46H,9-22H2,1-8H3/t27-,28-,31-,32-,33+,34+/m0/s1. The van der Waals surface area contributed by atoms with E-state index in [9.17, 15) is 20.4 Å². The second-order valence-corrected chi connectivity index (χ2v) is 16.2. The first kappa shape index (κ1) is 36.5. The molecule has 0 heterocycles. The number of hydrogen-bond donors (Lipinski definition) is 4. The van der Waals surface area contributed by atoms with Gasteiger partial charge in [0.05, 0.1) is 0 Å². The van der Waals surface area contributed by atoms with Crippen molar-refractivity contribution >= 4 is 0 Å². The van der Waals surface area contributed by atoms with Crippen molar-refractivity contribution in [2.24, 2.45) is 35.5 Å². The molecule has 4 heteroatoms. The van der Waals surface area contributed by atoms with Crippen LogP contribution in [-0.2, 0) is 12.8 Å². The van der Waals surface area contributed by atoms with Gasteiger partial charge in [0.1, 0.15) is 23.0 Å². The number of unbranched alkanes of at least 4 members (excludes halogenated alkanes) is 4. The Morgan fingerprint density at radius 2 is 0.957 bits per heavy atom. The molecule has 0 aromatic heterocycles. The topological polar surface area (TPSA) is 80.9 Å². The summed E-state index contributed by atoms with van der Waals surface area (Å²) in [7, 11) is 0. The molecular weight excluding hydrogens is 568 g/mol. The number of phenolic OH excluding ortho intramolecular Hbond substituents is 4. The van der Waals surface area contributed by atoms with Gasteiger partial charge in [0.15, 0.2) is 0 Å². The van der Waals surface area contributed by atoms with E-state index in [0.29, 0.717) is 57.8 Å². The van der Waals surface area contributed by atoms with Crippen molar-refractivity contribution in [2.45, 2.75) is 157 Å². The van der Waals surface area contributed by atoms with Crippen LogP contribution in [0, 0.1) is 35.5 Å². The first-order valence-electron chi connectivity index (χ1n) is 19.1. The van der Waals surface area contributed by atoms with E-state index >= 15 is 0 Å². The number of hydrogen-bond acceptors (Lipinski definition) is 4. The highest BCUT2D eigenvalue weighted by atomic mass is 16.3. The Hall–Kier alpha value is -2.36. The summed E-state index contributed by atoms with van der Waals surface area (Å²) < 4.78 is 0. The van der Waals surface area contributed by atoms with E-state index in [4.69, 9.17) is 0 Å². The van der Waals surface area contributed by atoms with Gasteiger partial charge in [-0.3, -0.25) is 0 Å². The SMILES string of the molecule is CCCCCc1cc(O)c([C@@H]2C[C@@H](C)CC[C@H]2C(C)C)c(O)c1-c1c(CCCCC)cc(O)c([C@@H]2C[C@@H](C)CC[C@H]2C(C)C)c1O. The van der Waals surface area contributed by atoms with Crippen LogP contribution >= 0.6 is 0 Å². The Morgan fingerprint density at radius 3 is 1.28 bits per heavy atom. The molecule has 2 aromatic carbocycles. The van der Waals surface area contributed by atoms with Crippen molar-refractivity contribution in [3.63, 3.8) is 0 Å². The van der Waals surface area contributed by atoms with Crippen molar-refractivity contribution < 1.29 is 20.4 Å². The summed E-state index contributed by atoms with van der Waals surface area (Å²) in [5, 5.41) is 48.5. The molecule has 4 nitrogen and oxygen atoms in total. The zero-order valence-corrected chi connectivity index (χ0v) is 30.5. The average molecular weight is 635 g/mol. The highest BCUT2D eigenvalue weighted by Gasteiger charge is 2.39. The highest BCUT2D eigenvalue weighted by Crippen LogP contribution is 2.57. The molecule has 258 valence electrons. The minimum Gasteiger partial charge on any atom is -0.508 e. The van der Waals surface area contributed by atoms with Gasteiger partial charge in [0.2, 0.25) is 0 Å². The van der Waals surface area contributed by atoms with Crippen LogP contribution in [0.15, 0.2) is 12.1 Å². The molecule has 0 aliphatic heterocycles. The van der Waals surface area contributed by atoms with E-state index in [0.717, 1.165) is 88.2 Å². The average Bonchev–Trinajstić information content (AvgIpc) is 2.98. The lowest BCUT2D eigenvalue weighted by Gasteiger charge is -2.39. The zero-order chi connectivity index (χ0) is 33.7. The van der Waals surface area contributed by atoms with Crippen molar-refractivity contribution in [1.29, 1.82) is 0 Å². The molecule has 2 aliphatic rings. The largest absolute Gasteiger partial charge is 0.508 e. The minimum atomic E-state index is 0.0546. The summed E-state index contributed by atoms with van der Waals surface area (Å²) in [6.07, 6.45) is 14.0. The molecule has 0 saturated heterocycles. The Bertz CT molecular complexity index is 1190. The summed E-state index contributed by atoms with van der Waals surface area (Å²) in [4.78, 5) is 0. The lowest BCUT2D eigenvalue weighted by atomic mass is 9.66. The Kier molecular flexibility index (Phi) is 12.8. The Labute approximate surface area is 281 Å². The third-order valence-corrected chi connectivity index (χ3v) is 11.9. The van der Waals surface area contributed by atoms with Gasteiger partial charge in [-0.15, -0.1) is 0 Å². The smallest absolute Gasteiger partial charge is 0.131 e. The van der Waals surface area contributed by atoms with Crippen molar-refractivity contribution in [3.05, 3.63) is 34.4 Å². The van der Waals surface area contributed by atoms with Gasteiger partial charge in [-0.25, -0.2) is 0 Å². The van der Waals surface area contributed by atoms with Gasteiger partial charge in [-0.05, 0) is 122 Å². The van der Waals surface area contributed by atoms with Crippen LogP contribution in [0.4, 0.5) is 0 Å². The van der Waals surface area contributed by atoms with Crippen molar-refractivity contribution in [2.75, 3.05) is 0 Å². The molecule has 0 radical (unpaired) electrons. The van der Waals surface area contributed by atoms with Gasteiger partial charge < -0.3 is 20.4 Å². The van der Waals surface area contributed by atoms with Crippen LogP contribution in [0.1, 0.15) is 167 Å². The number of phenols is 4. The van der Waals surface area contributed by atoms with Crippen LogP contribution in [-0.4, -0.2) is 20.4 Å². The molecule has 4 rings (SSSR count). The molecule has 6 atom stereocenters. The minimum absolute atomic E-state index is 0.0546. The van der Waals surface area contributed by atoms with Crippen LogP contribution in [0.2, 0.25) is 0 Å². The maximum absolute atomic E-state index is 12.5. The fourth-order valence-corrected chi connectivity index (χ4v) is 9.33. The summed E-state index contributed by atoms with van der Waals surface area (Å²) >= 11 is 0. The second kappa shape index (κ2) is 16.2. The lowest BCUT2D eigenvalue weighted by molar-refractivity contribution is 0.191. The predicted octanol–water partition coefficient (Wildman–Crippen LogP) is 12.0. The summed E-state index contributed by atoms with van der Waals surface area (Å²) in [5.74, 6) is 3.45. The Morgan fingerprint density at radius 1 is 0.587 bits per heavy atom. The first-order chi connectivity index (χ1) is 21.9. The van der Waals surface area contributed by atoms with Gasteiger partial charge in [0, 0.05) is 22.3 Å². The molecule has 0 unspecified atom stereocenters. The molecule has 46 heavy (non-hydrogen) atoms.